The molecule has 1 atom stereocenters. The zero-order chi connectivity index (χ0) is 15.4. The highest BCUT2D eigenvalue weighted by molar-refractivity contribution is 5.37. The van der Waals surface area contributed by atoms with Crippen molar-refractivity contribution in [1.82, 2.24) is 5.32 Å². The van der Waals surface area contributed by atoms with Crippen molar-refractivity contribution in [2.24, 2.45) is 0 Å². The highest BCUT2D eigenvalue weighted by Gasteiger charge is 2.16. The normalized spacial score (nSPS) is 12.4. The van der Waals surface area contributed by atoms with Gasteiger partial charge in [0.25, 0.3) is 0 Å². The maximum Gasteiger partial charge on any atom is 0.126 e. The van der Waals surface area contributed by atoms with Crippen molar-refractivity contribution < 1.29 is 8.78 Å². The van der Waals surface area contributed by atoms with Crippen LogP contribution < -0.4 is 5.32 Å². The van der Waals surface area contributed by atoms with Gasteiger partial charge in [-0.2, -0.15) is 0 Å². The first-order chi connectivity index (χ1) is 10.0. The minimum atomic E-state index is -0.544. The van der Waals surface area contributed by atoms with Crippen LogP contribution in [-0.2, 0) is 0 Å². The van der Waals surface area contributed by atoms with Gasteiger partial charge in [0, 0.05) is 6.07 Å². The van der Waals surface area contributed by atoms with E-state index in [4.69, 9.17) is 0 Å². The minimum absolute atomic E-state index is 0.200. The lowest BCUT2D eigenvalue weighted by atomic mass is 9.95. The summed E-state index contributed by atoms with van der Waals surface area (Å²) in [5, 5.41) is 3.37. The summed E-state index contributed by atoms with van der Waals surface area (Å²) >= 11 is 0. The molecule has 2 rings (SSSR count). The highest BCUT2D eigenvalue weighted by atomic mass is 19.1. The third-order valence-electron chi connectivity index (χ3n) is 3.68. The van der Waals surface area contributed by atoms with Crippen molar-refractivity contribution in [3.05, 3.63) is 70.3 Å². The van der Waals surface area contributed by atoms with E-state index in [-0.39, 0.29) is 6.04 Å². The summed E-state index contributed by atoms with van der Waals surface area (Å²) in [6.07, 6.45) is 0.957. The topological polar surface area (TPSA) is 12.0 Å². The fourth-order valence-corrected chi connectivity index (χ4v) is 2.40. The van der Waals surface area contributed by atoms with Gasteiger partial charge >= 0.3 is 0 Å². The van der Waals surface area contributed by atoms with Crippen molar-refractivity contribution in [3.63, 3.8) is 0 Å². The SMILES string of the molecule is CCCNC(c1cc(F)cc(F)c1)c1ccc(C)c(C)c1. The maximum absolute atomic E-state index is 13.5. The van der Waals surface area contributed by atoms with E-state index < -0.39 is 11.6 Å². The van der Waals surface area contributed by atoms with Gasteiger partial charge < -0.3 is 5.32 Å². The minimum Gasteiger partial charge on any atom is -0.306 e. The number of hydrogen-bond donors (Lipinski definition) is 1. The largest absolute Gasteiger partial charge is 0.306 e. The van der Waals surface area contributed by atoms with Gasteiger partial charge in [0.15, 0.2) is 0 Å². The van der Waals surface area contributed by atoms with Gasteiger partial charge in [-0.1, -0.05) is 25.1 Å². The summed E-state index contributed by atoms with van der Waals surface area (Å²) < 4.78 is 27.0. The van der Waals surface area contributed by atoms with E-state index in [0.29, 0.717) is 5.56 Å². The number of nitrogens with one attached hydrogen (secondary N) is 1. The molecule has 21 heavy (non-hydrogen) atoms. The quantitative estimate of drug-likeness (QED) is 0.843. The summed E-state index contributed by atoms with van der Waals surface area (Å²) in [6.45, 7) is 6.95. The standard InChI is InChI=1S/C18H21F2N/c1-4-7-21-18(14-6-5-12(2)13(3)8-14)15-9-16(19)11-17(20)10-15/h5-6,8-11,18,21H,4,7H2,1-3H3. The van der Waals surface area contributed by atoms with E-state index in [1.165, 1.54) is 23.3 Å². The average Bonchev–Trinajstić information content (AvgIpc) is 2.42. The first kappa shape index (κ1) is 15.6. The highest BCUT2D eigenvalue weighted by Crippen LogP contribution is 2.25. The fourth-order valence-electron chi connectivity index (χ4n) is 2.40. The number of aryl methyl sites for hydroxylation is 2. The molecule has 2 aromatic carbocycles. The third kappa shape index (κ3) is 3.88. The Hall–Kier alpha value is -1.74. The Morgan fingerprint density at radius 2 is 1.57 bits per heavy atom. The first-order valence-corrected chi connectivity index (χ1v) is 7.27. The molecule has 112 valence electrons. The lowest BCUT2D eigenvalue weighted by molar-refractivity contribution is 0.558. The van der Waals surface area contributed by atoms with E-state index in [0.717, 1.165) is 24.6 Å². The summed E-state index contributed by atoms with van der Waals surface area (Å²) in [6, 6.07) is 9.62. The molecule has 0 saturated heterocycles. The average molecular weight is 289 g/mol. The second-order valence-electron chi connectivity index (χ2n) is 5.43. The monoisotopic (exact) mass is 289 g/mol. The number of hydrogen-bond acceptors (Lipinski definition) is 1. The Labute approximate surface area is 125 Å². The van der Waals surface area contributed by atoms with Crippen molar-refractivity contribution >= 4 is 0 Å². The number of halogens is 2. The first-order valence-electron chi connectivity index (χ1n) is 7.27. The Bertz CT molecular complexity index is 602. The summed E-state index contributed by atoms with van der Waals surface area (Å²) in [7, 11) is 0. The lowest BCUT2D eigenvalue weighted by Crippen LogP contribution is -2.23. The van der Waals surface area contributed by atoms with Gasteiger partial charge in [-0.15, -0.1) is 0 Å². The Morgan fingerprint density at radius 3 is 2.14 bits per heavy atom. The van der Waals surface area contributed by atoms with Crippen LogP contribution in [0.2, 0.25) is 0 Å². The van der Waals surface area contributed by atoms with Crippen LogP contribution in [0.1, 0.15) is 41.6 Å². The van der Waals surface area contributed by atoms with Crippen LogP contribution in [0.4, 0.5) is 8.78 Å². The molecule has 0 bridgehead atoms. The van der Waals surface area contributed by atoms with Crippen molar-refractivity contribution in [1.29, 1.82) is 0 Å². The van der Waals surface area contributed by atoms with Crippen molar-refractivity contribution in [2.75, 3.05) is 6.54 Å². The molecule has 0 aliphatic heterocycles. The fraction of sp³-hybridized carbons (Fsp3) is 0.333. The lowest BCUT2D eigenvalue weighted by Gasteiger charge is -2.21. The van der Waals surface area contributed by atoms with Crippen molar-refractivity contribution in [3.8, 4) is 0 Å². The molecule has 1 nitrogen and oxygen atoms in total. The molecule has 0 fully saturated rings. The van der Waals surface area contributed by atoms with Gasteiger partial charge in [-0.25, -0.2) is 8.78 Å². The molecule has 1 unspecified atom stereocenters. The summed E-state index contributed by atoms with van der Waals surface area (Å²) in [4.78, 5) is 0. The van der Waals surface area contributed by atoms with E-state index in [2.05, 4.69) is 25.2 Å². The third-order valence-corrected chi connectivity index (χ3v) is 3.68. The summed E-state index contributed by atoms with van der Waals surface area (Å²) in [5.41, 5.74) is 4.02. The van der Waals surface area contributed by atoms with Crippen LogP contribution in [0, 0.1) is 25.5 Å². The van der Waals surface area contributed by atoms with Crippen LogP contribution in [0.3, 0.4) is 0 Å². The molecule has 0 amide bonds. The molecule has 0 saturated carbocycles. The Kier molecular flexibility index (Phi) is 5.07. The van der Waals surface area contributed by atoms with Crippen LogP contribution >= 0.6 is 0 Å². The van der Waals surface area contributed by atoms with Gasteiger partial charge in [-0.05, 0) is 61.2 Å². The molecule has 0 aromatic heterocycles. The molecule has 2 aromatic rings. The second-order valence-corrected chi connectivity index (χ2v) is 5.43. The van der Waals surface area contributed by atoms with E-state index in [1.807, 2.05) is 19.1 Å². The van der Waals surface area contributed by atoms with Gasteiger partial charge in [0.1, 0.15) is 11.6 Å². The second kappa shape index (κ2) is 6.81. The van der Waals surface area contributed by atoms with E-state index in [1.54, 1.807) is 0 Å². The maximum atomic E-state index is 13.5. The smallest absolute Gasteiger partial charge is 0.126 e. The van der Waals surface area contributed by atoms with Crippen molar-refractivity contribution in [2.45, 2.75) is 33.2 Å². The van der Waals surface area contributed by atoms with Crippen LogP contribution in [-0.4, -0.2) is 6.54 Å². The zero-order valence-electron chi connectivity index (χ0n) is 12.7. The van der Waals surface area contributed by atoms with Crippen LogP contribution in [0.15, 0.2) is 36.4 Å². The molecule has 1 N–H and O–H groups in total. The van der Waals surface area contributed by atoms with Gasteiger partial charge in [0.05, 0.1) is 6.04 Å². The molecule has 3 heteroatoms. The van der Waals surface area contributed by atoms with Gasteiger partial charge in [-0.3, -0.25) is 0 Å². The summed E-state index contributed by atoms with van der Waals surface area (Å²) in [5.74, 6) is -1.09. The van der Waals surface area contributed by atoms with Crippen LogP contribution in [0.5, 0.6) is 0 Å². The number of benzene rings is 2. The van der Waals surface area contributed by atoms with Crippen LogP contribution in [0.25, 0.3) is 0 Å². The predicted octanol–water partition coefficient (Wildman–Crippen LogP) is 4.67. The molecular formula is C18H21F2N. The molecular weight excluding hydrogens is 268 g/mol. The number of rotatable bonds is 5. The van der Waals surface area contributed by atoms with E-state index >= 15 is 0 Å². The molecule has 0 aliphatic rings. The predicted molar refractivity (Wildman–Crippen MR) is 82.4 cm³/mol. The van der Waals surface area contributed by atoms with E-state index in [9.17, 15) is 8.78 Å². The zero-order valence-corrected chi connectivity index (χ0v) is 12.7. The van der Waals surface area contributed by atoms with Gasteiger partial charge in [0.2, 0.25) is 0 Å². The molecule has 0 radical (unpaired) electrons. The Morgan fingerprint density at radius 1 is 0.905 bits per heavy atom. The molecule has 0 aliphatic carbocycles. The molecule has 0 heterocycles. The Balaban J connectivity index is 2.43. The molecule has 0 spiro atoms.